The fourth-order valence-electron chi connectivity index (χ4n) is 2.20. The van der Waals surface area contributed by atoms with Gasteiger partial charge in [-0.1, -0.05) is 18.2 Å². The highest BCUT2D eigenvalue weighted by molar-refractivity contribution is 7.14. The van der Waals surface area contributed by atoms with Crippen molar-refractivity contribution in [2.75, 3.05) is 17.7 Å². The van der Waals surface area contributed by atoms with Crippen LogP contribution in [0.1, 0.15) is 31.2 Å². The molecule has 0 saturated carbocycles. The number of esters is 1. The van der Waals surface area contributed by atoms with Crippen LogP contribution in [-0.2, 0) is 4.74 Å². The maximum atomic E-state index is 12.3. The highest BCUT2D eigenvalue weighted by atomic mass is 32.1. The highest BCUT2D eigenvalue weighted by Gasteiger charge is 2.14. The van der Waals surface area contributed by atoms with Gasteiger partial charge < -0.3 is 10.1 Å². The van der Waals surface area contributed by atoms with Gasteiger partial charge in [0, 0.05) is 16.6 Å². The lowest BCUT2D eigenvalue weighted by molar-refractivity contribution is 0.0600. The Kier molecular flexibility index (Phi) is 5.58. The standard InChI is InChI=1S/C19H15N3O4S/c1-26-18(25)13-7-9-14(10-8-13)20-17(24)15-11-27-19(21-15)22-16(23)12-5-3-2-4-6-12/h2-11H,1H3,(H,20,24)(H,21,22,23). The van der Waals surface area contributed by atoms with Gasteiger partial charge in [-0.25, -0.2) is 9.78 Å². The quantitative estimate of drug-likeness (QED) is 0.660. The number of aromatic nitrogens is 1. The van der Waals surface area contributed by atoms with E-state index in [1.807, 2.05) is 6.07 Å². The Hall–Kier alpha value is -3.52. The normalized spacial score (nSPS) is 10.1. The number of benzene rings is 2. The van der Waals surface area contributed by atoms with Crippen LogP contribution in [0.4, 0.5) is 10.8 Å². The number of amides is 2. The van der Waals surface area contributed by atoms with Crippen LogP contribution in [0.15, 0.2) is 60.0 Å². The SMILES string of the molecule is COC(=O)c1ccc(NC(=O)c2csc(NC(=O)c3ccccc3)n2)cc1. The molecule has 2 amide bonds. The smallest absolute Gasteiger partial charge is 0.337 e. The zero-order valence-electron chi connectivity index (χ0n) is 14.3. The summed E-state index contributed by atoms with van der Waals surface area (Å²) in [7, 11) is 1.30. The van der Waals surface area contributed by atoms with Crippen molar-refractivity contribution in [2.45, 2.75) is 0 Å². The van der Waals surface area contributed by atoms with Crippen molar-refractivity contribution in [3.8, 4) is 0 Å². The van der Waals surface area contributed by atoms with Crippen molar-refractivity contribution in [1.82, 2.24) is 4.98 Å². The zero-order valence-corrected chi connectivity index (χ0v) is 15.1. The Bertz CT molecular complexity index is 968. The molecule has 0 saturated heterocycles. The second-order valence-electron chi connectivity index (χ2n) is 5.38. The number of hydrogen-bond donors (Lipinski definition) is 2. The number of nitrogens with zero attached hydrogens (tertiary/aromatic N) is 1. The molecule has 2 aromatic carbocycles. The lowest BCUT2D eigenvalue weighted by Crippen LogP contribution is -2.14. The van der Waals surface area contributed by atoms with Gasteiger partial charge in [0.05, 0.1) is 12.7 Å². The summed E-state index contributed by atoms with van der Waals surface area (Å²) in [5, 5.41) is 7.22. The predicted octanol–water partition coefficient (Wildman–Crippen LogP) is 3.43. The molecule has 3 aromatic rings. The number of anilines is 2. The first-order chi connectivity index (χ1) is 13.1. The summed E-state index contributed by atoms with van der Waals surface area (Å²) in [5.41, 5.74) is 1.58. The first-order valence-electron chi connectivity index (χ1n) is 7.88. The maximum absolute atomic E-state index is 12.3. The molecule has 3 rings (SSSR count). The molecule has 8 heteroatoms. The van der Waals surface area contributed by atoms with Crippen molar-refractivity contribution in [1.29, 1.82) is 0 Å². The fourth-order valence-corrected chi connectivity index (χ4v) is 2.88. The molecule has 0 aliphatic carbocycles. The minimum atomic E-state index is -0.453. The van der Waals surface area contributed by atoms with Crippen LogP contribution < -0.4 is 10.6 Å². The van der Waals surface area contributed by atoms with Gasteiger partial charge in [-0.05, 0) is 36.4 Å². The fraction of sp³-hybridized carbons (Fsp3) is 0.0526. The molecule has 1 aromatic heterocycles. The summed E-state index contributed by atoms with van der Waals surface area (Å²) in [6, 6.07) is 15.0. The van der Waals surface area contributed by atoms with Crippen LogP contribution in [0.2, 0.25) is 0 Å². The van der Waals surface area contributed by atoms with Crippen LogP contribution >= 0.6 is 11.3 Å². The van der Waals surface area contributed by atoms with Crippen LogP contribution in [0.5, 0.6) is 0 Å². The first kappa shape index (κ1) is 18.3. The molecular formula is C19H15N3O4S. The Morgan fingerprint density at radius 1 is 0.889 bits per heavy atom. The summed E-state index contributed by atoms with van der Waals surface area (Å²) in [6.45, 7) is 0. The maximum Gasteiger partial charge on any atom is 0.337 e. The molecule has 27 heavy (non-hydrogen) atoms. The number of methoxy groups -OCH3 is 1. The minimum Gasteiger partial charge on any atom is -0.465 e. The van der Waals surface area contributed by atoms with E-state index >= 15 is 0 Å². The summed E-state index contributed by atoms with van der Waals surface area (Å²) < 4.78 is 4.62. The topological polar surface area (TPSA) is 97.4 Å². The molecular weight excluding hydrogens is 366 g/mol. The van der Waals surface area contributed by atoms with Gasteiger partial charge in [0.2, 0.25) is 0 Å². The molecule has 0 fully saturated rings. The first-order valence-corrected chi connectivity index (χ1v) is 8.76. The number of carbonyl (C=O) groups excluding carboxylic acids is 3. The van der Waals surface area contributed by atoms with E-state index in [0.717, 1.165) is 11.3 Å². The van der Waals surface area contributed by atoms with Crippen molar-refractivity contribution in [2.24, 2.45) is 0 Å². The Labute approximate surface area is 159 Å². The van der Waals surface area contributed by atoms with Gasteiger partial charge in [-0.15, -0.1) is 11.3 Å². The zero-order chi connectivity index (χ0) is 19.2. The molecule has 136 valence electrons. The van der Waals surface area contributed by atoms with Gasteiger partial charge in [0.1, 0.15) is 5.69 Å². The van der Waals surface area contributed by atoms with Gasteiger partial charge in [0.15, 0.2) is 5.13 Å². The third kappa shape index (κ3) is 4.56. The van der Waals surface area contributed by atoms with Crippen LogP contribution in [0.25, 0.3) is 0 Å². The summed E-state index contributed by atoms with van der Waals surface area (Å²) >= 11 is 1.16. The number of thiazole rings is 1. The number of hydrogen-bond acceptors (Lipinski definition) is 6. The molecule has 1 heterocycles. The van der Waals surface area contributed by atoms with Gasteiger partial charge in [0.25, 0.3) is 11.8 Å². The van der Waals surface area contributed by atoms with E-state index < -0.39 is 11.9 Å². The van der Waals surface area contributed by atoms with Crippen molar-refractivity contribution >= 4 is 39.9 Å². The lowest BCUT2D eigenvalue weighted by atomic mass is 10.2. The van der Waals surface area contributed by atoms with Crippen molar-refractivity contribution in [3.05, 3.63) is 76.8 Å². The summed E-state index contributed by atoms with van der Waals surface area (Å²) in [4.78, 5) is 39.9. The van der Waals surface area contributed by atoms with Crippen LogP contribution in [0, 0.1) is 0 Å². The van der Waals surface area contributed by atoms with Crippen LogP contribution in [0.3, 0.4) is 0 Å². The molecule has 0 radical (unpaired) electrons. The van der Waals surface area contributed by atoms with Crippen molar-refractivity contribution < 1.29 is 19.1 Å². The number of carbonyl (C=O) groups is 3. The average molecular weight is 381 g/mol. The van der Waals surface area contributed by atoms with Gasteiger partial charge >= 0.3 is 5.97 Å². The van der Waals surface area contributed by atoms with Gasteiger partial charge in [-0.3, -0.25) is 14.9 Å². The largest absolute Gasteiger partial charge is 0.465 e. The number of nitrogens with one attached hydrogen (secondary N) is 2. The number of rotatable bonds is 5. The predicted molar refractivity (Wildman–Crippen MR) is 102 cm³/mol. The third-order valence-corrected chi connectivity index (χ3v) is 4.31. The van der Waals surface area contributed by atoms with Crippen molar-refractivity contribution in [3.63, 3.8) is 0 Å². The molecule has 0 spiro atoms. The van der Waals surface area contributed by atoms with E-state index in [0.29, 0.717) is 21.9 Å². The summed E-state index contributed by atoms with van der Waals surface area (Å²) in [5.74, 6) is -1.17. The minimum absolute atomic E-state index is 0.181. The molecule has 0 bridgehead atoms. The van der Waals surface area contributed by atoms with E-state index in [-0.39, 0.29) is 11.6 Å². The summed E-state index contributed by atoms with van der Waals surface area (Å²) in [6.07, 6.45) is 0. The highest BCUT2D eigenvalue weighted by Crippen LogP contribution is 2.18. The molecule has 0 atom stereocenters. The van der Waals surface area contributed by atoms with E-state index in [4.69, 9.17) is 0 Å². The Morgan fingerprint density at radius 3 is 2.26 bits per heavy atom. The molecule has 0 aliphatic rings. The van der Waals surface area contributed by atoms with E-state index in [2.05, 4.69) is 20.4 Å². The van der Waals surface area contributed by atoms with Gasteiger partial charge in [-0.2, -0.15) is 0 Å². The second kappa shape index (κ2) is 8.24. The average Bonchev–Trinajstić information content (AvgIpc) is 3.17. The second-order valence-corrected chi connectivity index (χ2v) is 6.24. The van der Waals surface area contributed by atoms with E-state index in [9.17, 15) is 14.4 Å². The Balaban J connectivity index is 1.63. The molecule has 2 N–H and O–H groups in total. The molecule has 7 nitrogen and oxygen atoms in total. The lowest BCUT2D eigenvalue weighted by Gasteiger charge is -2.04. The molecule has 0 unspecified atom stereocenters. The van der Waals surface area contributed by atoms with E-state index in [1.165, 1.54) is 7.11 Å². The van der Waals surface area contributed by atoms with Crippen LogP contribution in [-0.4, -0.2) is 29.9 Å². The number of ether oxygens (including phenoxy) is 1. The monoisotopic (exact) mass is 381 g/mol. The third-order valence-electron chi connectivity index (χ3n) is 3.56. The van der Waals surface area contributed by atoms with E-state index in [1.54, 1.807) is 53.9 Å². The molecule has 0 aliphatic heterocycles. The Morgan fingerprint density at radius 2 is 1.59 bits per heavy atom.